The van der Waals surface area contributed by atoms with Crippen molar-refractivity contribution in [3.63, 3.8) is 0 Å². The van der Waals surface area contributed by atoms with Crippen LogP contribution in [0.5, 0.6) is 0 Å². The summed E-state index contributed by atoms with van der Waals surface area (Å²) in [4.78, 5) is 25.1. The Bertz CT molecular complexity index is 755. The molecule has 150 valence electrons. The number of carboxylic acids is 1. The Balaban J connectivity index is 2.10. The number of hydrogen-bond donors (Lipinski definition) is 1. The molecule has 1 aliphatic rings. The van der Waals surface area contributed by atoms with E-state index in [9.17, 15) is 18.0 Å². The first-order chi connectivity index (χ1) is 12.8. The van der Waals surface area contributed by atoms with E-state index in [1.165, 1.54) is 21.3 Å². The van der Waals surface area contributed by atoms with Crippen molar-refractivity contribution in [2.24, 2.45) is 0 Å². The highest BCUT2D eigenvalue weighted by Crippen LogP contribution is 2.21. The summed E-state index contributed by atoms with van der Waals surface area (Å²) >= 11 is 0. The number of benzene rings is 1. The van der Waals surface area contributed by atoms with Crippen LogP contribution < -0.4 is 0 Å². The number of hydrogen-bond acceptors (Lipinski definition) is 4. The van der Waals surface area contributed by atoms with Crippen molar-refractivity contribution in [3.8, 4) is 0 Å². The lowest BCUT2D eigenvalue weighted by Crippen LogP contribution is -2.42. The second-order valence-electron chi connectivity index (χ2n) is 6.96. The summed E-state index contributed by atoms with van der Waals surface area (Å²) in [7, 11) is -3.50. The first kappa shape index (κ1) is 21.4. The van der Waals surface area contributed by atoms with E-state index in [-0.39, 0.29) is 29.8 Å². The van der Waals surface area contributed by atoms with E-state index in [1.807, 2.05) is 13.8 Å². The molecule has 1 aliphatic heterocycles. The third kappa shape index (κ3) is 5.52. The van der Waals surface area contributed by atoms with Crippen molar-refractivity contribution in [1.29, 1.82) is 0 Å². The second kappa shape index (κ2) is 9.32. The fraction of sp³-hybridized carbons (Fsp3) is 0.579. The zero-order chi connectivity index (χ0) is 20.0. The van der Waals surface area contributed by atoms with Crippen LogP contribution in [-0.2, 0) is 26.0 Å². The molecule has 7 nitrogen and oxygen atoms in total. The third-order valence-electron chi connectivity index (χ3n) is 4.98. The van der Waals surface area contributed by atoms with E-state index >= 15 is 0 Å². The van der Waals surface area contributed by atoms with E-state index in [0.29, 0.717) is 25.1 Å². The first-order valence-electron chi connectivity index (χ1n) is 9.36. The second-order valence-corrected chi connectivity index (χ2v) is 8.90. The highest BCUT2D eigenvalue weighted by atomic mass is 32.2. The monoisotopic (exact) mass is 396 g/mol. The minimum atomic E-state index is -3.50. The van der Waals surface area contributed by atoms with E-state index in [2.05, 4.69) is 0 Å². The Morgan fingerprint density at radius 2 is 1.74 bits per heavy atom. The van der Waals surface area contributed by atoms with Crippen LogP contribution >= 0.6 is 0 Å². The standard InChI is InChI=1S/C19H28N2O5S/c1-3-15(2)21(14-19(23)24)18(22)13-16-7-9-17(10-8-16)27(25,26)20-11-5-4-6-12-20/h7-10,15H,3-6,11-14H2,1-2H3,(H,23,24). The van der Waals surface area contributed by atoms with Gasteiger partial charge >= 0.3 is 5.97 Å². The molecule has 1 amide bonds. The SMILES string of the molecule is CCC(C)N(CC(=O)O)C(=O)Cc1ccc(S(=O)(=O)N2CCCCC2)cc1. The number of amides is 1. The topological polar surface area (TPSA) is 95.0 Å². The number of nitrogens with zero attached hydrogens (tertiary/aromatic N) is 2. The van der Waals surface area contributed by atoms with Gasteiger partial charge in [-0.2, -0.15) is 4.31 Å². The predicted octanol–water partition coefficient (Wildman–Crippen LogP) is 2.12. The van der Waals surface area contributed by atoms with Gasteiger partial charge in [0.2, 0.25) is 15.9 Å². The van der Waals surface area contributed by atoms with Crippen LogP contribution in [0.15, 0.2) is 29.2 Å². The molecule has 0 bridgehead atoms. The van der Waals surface area contributed by atoms with Crippen LogP contribution in [0, 0.1) is 0 Å². The maximum absolute atomic E-state index is 12.7. The molecule has 1 atom stereocenters. The molecule has 0 radical (unpaired) electrons. The van der Waals surface area contributed by atoms with Crippen LogP contribution in [0.2, 0.25) is 0 Å². The van der Waals surface area contributed by atoms with E-state index in [4.69, 9.17) is 5.11 Å². The summed E-state index contributed by atoms with van der Waals surface area (Å²) in [6, 6.07) is 6.14. The van der Waals surface area contributed by atoms with Gasteiger partial charge in [-0.05, 0) is 43.9 Å². The van der Waals surface area contributed by atoms with Crippen LogP contribution in [0.25, 0.3) is 0 Å². The lowest BCUT2D eigenvalue weighted by molar-refractivity contribution is -0.145. The van der Waals surface area contributed by atoms with E-state index < -0.39 is 16.0 Å². The largest absolute Gasteiger partial charge is 0.480 e. The number of carbonyl (C=O) groups is 2. The van der Waals surface area contributed by atoms with Crippen molar-refractivity contribution in [2.75, 3.05) is 19.6 Å². The molecule has 1 N–H and O–H groups in total. The van der Waals surface area contributed by atoms with Crippen LogP contribution in [0.1, 0.15) is 45.1 Å². The smallest absolute Gasteiger partial charge is 0.323 e. The third-order valence-corrected chi connectivity index (χ3v) is 6.89. The Morgan fingerprint density at radius 3 is 2.26 bits per heavy atom. The zero-order valence-corrected chi connectivity index (χ0v) is 16.7. The lowest BCUT2D eigenvalue weighted by atomic mass is 10.1. The van der Waals surface area contributed by atoms with Gasteiger partial charge in [0.25, 0.3) is 0 Å². The Kier molecular flexibility index (Phi) is 7.38. The molecule has 1 heterocycles. The summed E-state index contributed by atoms with van der Waals surface area (Å²) in [6.07, 6.45) is 3.51. The summed E-state index contributed by atoms with van der Waals surface area (Å²) in [5.41, 5.74) is 0.663. The quantitative estimate of drug-likeness (QED) is 0.726. The molecule has 0 aromatic heterocycles. The minimum Gasteiger partial charge on any atom is -0.480 e. The molecule has 27 heavy (non-hydrogen) atoms. The van der Waals surface area contributed by atoms with Crippen LogP contribution in [0.4, 0.5) is 0 Å². The average Bonchev–Trinajstić information content (AvgIpc) is 2.66. The van der Waals surface area contributed by atoms with Crippen molar-refractivity contribution in [1.82, 2.24) is 9.21 Å². The molecule has 1 unspecified atom stereocenters. The van der Waals surface area contributed by atoms with Crippen LogP contribution in [-0.4, -0.2) is 60.3 Å². The molecule has 1 fully saturated rings. The molecule has 8 heteroatoms. The Hall–Kier alpha value is -1.93. The van der Waals surface area contributed by atoms with Gasteiger partial charge in [0.05, 0.1) is 11.3 Å². The molecule has 1 saturated heterocycles. The van der Waals surface area contributed by atoms with Gasteiger partial charge in [0.1, 0.15) is 6.54 Å². The normalized spacial score (nSPS) is 16.7. The highest BCUT2D eigenvalue weighted by Gasteiger charge is 2.26. The molecule has 2 rings (SSSR count). The number of piperidine rings is 1. The van der Waals surface area contributed by atoms with Crippen molar-refractivity contribution < 1.29 is 23.1 Å². The Labute approximate surface area is 161 Å². The van der Waals surface area contributed by atoms with Gasteiger partial charge in [-0.15, -0.1) is 0 Å². The molecule has 1 aromatic carbocycles. The number of aliphatic carboxylic acids is 1. The number of rotatable bonds is 8. The molecule has 1 aromatic rings. The molecular weight excluding hydrogens is 368 g/mol. The van der Waals surface area contributed by atoms with Gasteiger partial charge < -0.3 is 10.0 Å². The van der Waals surface area contributed by atoms with Gasteiger partial charge in [-0.1, -0.05) is 25.5 Å². The van der Waals surface area contributed by atoms with Gasteiger partial charge in [0.15, 0.2) is 0 Å². The molecular formula is C19H28N2O5S. The fourth-order valence-electron chi connectivity index (χ4n) is 3.17. The Morgan fingerprint density at radius 1 is 1.15 bits per heavy atom. The van der Waals surface area contributed by atoms with Crippen LogP contribution in [0.3, 0.4) is 0 Å². The summed E-state index contributed by atoms with van der Waals surface area (Å²) in [6.45, 7) is 4.46. The van der Waals surface area contributed by atoms with Crippen molar-refractivity contribution in [3.05, 3.63) is 29.8 Å². The minimum absolute atomic E-state index is 0.0433. The molecule has 0 saturated carbocycles. The van der Waals surface area contributed by atoms with Gasteiger partial charge in [0, 0.05) is 19.1 Å². The maximum atomic E-state index is 12.7. The highest BCUT2D eigenvalue weighted by molar-refractivity contribution is 7.89. The number of carboxylic acid groups (broad SMARTS) is 1. The lowest BCUT2D eigenvalue weighted by Gasteiger charge is -2.27. The zero-order valence-electron chi connectivity index (χ0n) is 15.9. The molecule has 0 spiro atoms. The molecule has 0 aliphatic carbocycles. The van der Waals surface area contributed by atoms with Gasteiger partial charge in [-0.25, -0.2) is 8.42 Å². The van der Waals surface area contributed by atoms with Crippen molar-refractivity contribution in [2.45, 2.75) is 56.9 Å². The van der Waals surface area contributed by atoms with Gasteiger partial charge in [-0.3, -0.25) is 9.59 Å². The maximum Gasteiger partial charge on any atom is 0.323 e. The summed E-state index contributed by atoms with van der Waals surface area (Å²) in [5, 5.41) is 9.03. The van der Waals surface area contributed by atoms with E-state index in [0.717, 1.165) is 19.3 Å². The van der Waals surface area contributed by atoms with Crippen molar-refractivity contribution >= 4 is 21.9 Å². The summed E-state index contributed by atoms with van der Waals surface area (Å²) < 4.78 is 26.8. The number of sulfonamides is 1. The summed E-state index contributed by atoms with van der Waals surface area (Å²) in [5.74, 6) is -1.33. The fourth-order valence-corrected chi connectivity index (χ4v) is 4.68. The predicted molar refractivity (Wildman–Crippen MR) is 102 cm³/mol. The first-order valence-corrected chi connectivity index (χ1v) is 10.8. The number of carbonyl (C=O) groups excluding carboxylic acids is 1. The van der Waals surface area contributed by atoms with E-state index in [1.54, 1.807) is 12.1 Å². The average molecular weight is 397 g/mol.